The van der Waals surface area contributed by atoms with E-state index in [2.05, 4.69) is 20.2 Å². The Morgan fingerprint density at radius 2 is 2.00 bits per heavy atom. The molecule has 2 rings (SSSR count). The molecule has 0 saturated carbocycles. The van der Waals surface area contributed by atoms with E-state index < -0.39 is 7.60 Å². The van der Waals surface area contributed by atoms with Crippen molar-refractivity contribution in [2.75, 3.05) is 61.9 Å². The second-order valence-electron chi connectivity index (χ2n) is 4.94. The molecule has 118 valence electrons. The Balaban J connectivity index is 1.92. The standard InChI is InChI=1S/C11H21N6O3P/c1-13-11-14-9(12)8-10(15-11)17-4-2-16(3-5-17)6-7-21(18,19)20/h8H,2-7H2,1H3,(H2,18,19,20)(H3,12,13,14,15). The number of hydrogen-bond acceptors (Lipinski definition) is 7. The number of nitrogen functional groups attached to an aromatic ring is 1. The van der Waals surface area contributed by atoms with E-state index in [1.165, 1.54) is 0 Å². The third-order valence-corrected chi connectivity index (χ3v) is 4.14. The lowest BCUT2D eigenvalue weighted by atomic mass is 10.3. The van der Waals surface area contributed by atoms with Gasteiger partial charge in [-0.15, -0.1) is 0 Å². The van der Waals surface area contributed by atoms with E-state index in [-0.39, 0.29) is 6.16 Å². The molecule has 0 aromatic carbocycles. The molecule has 1 fully saturated rings. The molecule has 0 spiro atoms. The Morgan fingerprint density at radius 1 is 1.33 bits per heavy atom. The van der Waals surface area contributed by atoms with Crippen molar-refractivity contribution in [2.24, 2.45) is 0 Å². The van der Waals surface area contributed by atoms with E-state index in [1.54, 1.807) is 13.1 Å². The minimum absolute atomic E-state index is 0.0998. The SMILES string of the molecule is CNc1nc(N)cc(N2CCN(CCP(=O)(O)O)CC2)n1. The maximum atomic E-state index is 10.9. The molecule has 1 aromatic rings. The molecule has 0 radical (unpaired) electrons. The normalized spacial score (nSPS) is 17.0. The first-order valence-corrected chi connectivity index (χ1v) is 8.51. The summed E-state index contributed by atoms with van der Waals surface area (Å²) in [4.78, 5) is 30.4. The lowest BCUT2D eigenvalue weighted by Gasteiger charge is -2.35. The molecule has 21 heavy (non-hydrogen) atoms. The quantitative estimate of drug-likeness (QED) is 0.526. The highest BCUT2D eigenvalue weighted by atomic mass is 31.2. The molecule has 1 saturated heterocycles. The van der Waals surface area contributed by atoms with Gasteiger partial charge in [-0.05, 0) is 0 Å². The topological polar surface area (TPSA) is 128 Å². The van der Waals surface area contributed by atoms with Gasteiger partial charge in [-0.2, -0.15) is 9.97 Å². The van der Waals surface area contributed by atoms with Gasteiger partial charge in [0, 0.05) is 45.8 Å². The fourth-order valence-corrected chi connectivity index (χ4v) is 2.74. The Hall–Kier alpha value is -1.41. The Bertz CT molecular complexity index is 529. The largest absolute Gasteiger partial charge is 0.383 e. The molecule has 0 aliphatic carbocycles. The maximum absolute atomic E-state index is 10.9. The van der Waals surface area contributed by atoms with Gasteiger partial charge in [0.05, 0.1) is 6.16 Å². The highest BCUT2D eigenvalue weighted by molar-refractivity contribution is 7.51. The van der Waals surface area contributed by atoms with Gasteiger partial charge in [-0.1, -0.05) is 0 Å². The van der Waals surface area contributed by atoms with E-state index in [4.69, 9.17) is 15.5 Å². The van der Waals surface area contributed by atoms with Crippen LogP contribution in [-0.4, -0.2) is 70.6 Å². The number of nitrogens with one attached hydrogen (secondary N) is 1. The average Bonchev–Trinajstić information content (AvgIpc) is 2.44. The van der Waals surface area contributed by atoms with E-state index >= 15 is 0 Å². The van der Waals surface area contributed by atoms with Crippen LogP contribution in [0.15, 0.2) is 6.07 Å². The molecular weight excluding hydrogens is 295 g/mol. The molecule has 9 nitrogen and oxygen atoms in total. The fraction of sp³-hybridized carbons (Fsp3) is 0.636. The number of aromatic nitrogens is 2. The number of hydrogen-bond donors (Lipinski definition) is 4. The van der Waals surface area contributed by atoms with Crippen LogP contribution in [-0.2, 0) is 4.57 Å². The summed E-state index contributed by atoms with van der Waals surface area (Å²) in [5.74, 6) is 1.66. The van der Waals surface area contributed by atoms with Crippen LogP contribution in [0.1, 0.15) is 0 Å². The van der Waals surface area contributed by atoms with E-state index in [0.29, 0.717) is 18.3 Å². The summed E-state index contributed by atoms with van der Waals surface area (Å²) in [5.41, 5.74) is 5.75. The van der Waals surface area contributed by atoms with Crippen LogP contribution >= 0.6 is 7.60 Å². The Labute approximate surface area is 123 Å². The van der Waals surface area contributed by atoms with Crippen molar-refractivity contribution in [3.63, 3.8) is 0 Å². The average molecular weight is 316 g/mol. The maximum Gasteiger partial charge on any atom is 0.326 e. The van der Waals surface area contributed by atoms with Crippen molar-refractivity contribution < 1.29 is 14.4 Å². The zero-order valence-corrected chi connectivity index (χ0v) is 12.8. The van der Waals surface area contributed by atoms with Crippen molar-refractivity contribution in [2.45, 2.75) is 0 Å². The molecule has 0 atom stereocenters. The van der Waals surface area contributed by atoms with Gasteiger partial charge in [-0.25, -0.2) is 0 Å². The first kappa shape index (κ1) is 16.0. The van der Waals surface area contributed by atoms with Gasteiger partial charge >= 0.3 is 7.60 Å². The van der Waals surface area contributed by atoms with Crippen LogP contribution in [0.2, 0.25) is 0 Å². The first-order chi connectivity index (χ1) is 9.87. The molecule has 5 N–H and O–H groups in total. The van der Waals surface area contributed by atoms with E-state index in [0.717, 1.165) is 32.0 Å². The summed E-state index contributed by atoms with van der Waals surface area (Å²) in [6, 6.07) is 1.73. The predicted octanol–water partition coefficient (Wildman–Crippen LogP) is -0.600. The zero-order chi connectivity index (χ0) is 15.5. The Kier molecular flexibility index (Phi) is 5.00. The molecule has 0 amide bonds. The van der Waals surface area contributed by atoms with Gasteiger partial charge in [0.25, 0.3) is 0 Å². The lowest BCUT2D eigenvalue weighted by Crippen LogP contribution is -2.47. The summed E-state index contributed by atoms with van der Waals surface area (Å²) in [7, 11) is -2.19. The minimum atomic E-state index is -3.92. The van der Waals surface area contributed by atoms with Gasteiger partial charge in [0.2, 0.25) is 5.95 Å². The number of anilines is 3. The summed E-state index contributed by atoms with van der Waals surface area (Å²) in [6.45, 7) is 3.35. The molecule has 10 heteroatoms. The highest BCUT2D eigenvalue weighted by Gasteiger charge is 2.21. The summed E-state index contributed by atoms with van der Waals surface area (Å²) in [6.07, 6.45) is -0.0998. The van der Waals surface area contributed by atoms with Crippen LogP contribution in [0, 0.1) is 0 Å². The smallest absolute Gasteiger partial charge is 0.326 e. The molecule has 1 aromatic heterocycles. The van der Waals surface area contributed by atoms with Crippen LogP contribution in [0.25, 0.3) is 0 Å². The monoisotopic (exact) mass is 316 g/mol. The molecule has 0 bridgehead atoms. The number of rotatable bonds is 5. The number of piperazine rings is 1. The molecule has 0 unspecified atom stereocenters. The van der Waals surface area contributed by atoms with Crippen LogP contribution in [0.4, 0.5) is 17.6 Å². The molecule has 2 heterocycles. The fourth-order valence-electron chi connectivity index (χ4n) is 2.20. The first-order valence-electron chi connectivity index (χ1n) is 6.71. The number of nitrogens with zero attached hydrogens (tertiary/aromatic N) is 4. The van der Waals surface area contributed by atoms with Gasteiger partial charge in [-0.3, -0.25) is 9.46 Å². The second-order valence-corrected chi connectivity index (χ2v) is 6.72. The molecule has 1 aliphatic heterocycles. The highest BCUT2D eigenvalue weighted by Crippen LogP contribution is 2.33. The second kappa shape index (κ2) is 6.57. The van der Waals surface area contributed by atoms with Crippen molar-refractivity contribution in [1.29, 1.82) is 0 Å². The summed E-state index contributed by atoms with van der Waals surface area (Å²) in [5, 5.41) is 2.87. The van der Waals surface area contributed by atoms with Crippen LogP contribution < -0.4 is 16.0 Å². The van der Waals surface area contributed by atoms with Crippen molar-refractivity contribution in [3.05, 3.63) is 6.07 Å². The molecular formula is C11H21N6O3P. The summed E-state index contributed by atoms with van der Waals surface area (Å²) < 4.78 is 10.9. The zero-order valence-electron chi connectivity index (χ0n) is 11.9. The van der Waals surface area contributed by atoms with Crippen LogP contribution in [0.3, 0.4) is 0 Å². The van der Waals surface area contributed by atoms with Crippen LogP contribution in [0.5, 0.6) is 0 Å². The van der Waals surface area contributed by atoms with E-state index in [9.17, 15) is 4.57 Å². The van der Waals surface area contributed by atoms with Gasteiger partial charge < -0.3 is 25.7 Å². The Morgan fingerprint density at radius 3 is 2.57 bits per heavy atom. The minimum Gasteiger partial charge on any atom is -0.383 e. The van der Waals surface area contributed by atoms with Gasteiger partial charge in [0.15, 0.2) is 0 Å². The van der Waals surface area contributed by atoms with Crippen molar-refractivity contribution in [3.8, 4) is 0 Å². The lowest BCUT2D eigenvalue weighted by molar-refractivity contribution is 0.264. The predicted molar refractivity (Wildman–Crippen MR) is 81.6 cm³/mol. The van der Waals surface area contributed by atoms with Crippen molar-refractivity contribution >= 4 is 25.2 Å². The third-order valence-electron chi connectivity index (χ3n) is 3.36. The molecule has 1 aliphatic rings. The van der Waals surface area contributed by atoms with Crippen molar-refractivity contribution in [1.82, 2.24) is 14.9 Å². The van der Waals surface area contributed by atoms with Gasteiger partial charge in [0.1, 0.15) is 11.6 Å². The van der Waals surface area contributed by atoms with E-state index in [1.807, 2.05) is 4.90 Å². The summed E-state index contributed by atoms with van der Waals surface area (Å²) >= 11 is 0. The number of nitrogens with two attached hydrogens (primary N) is 1. The third kappa shape index (κ3) is 4.82.